The number of carbonyl (C=O) groups excluding carboxylic acids is 1. The maximum Gasteiger partial charge on any atom is 0.221 e. The topological polar surface area (TPSA) is 51.1 Å². The summed E-state index contributed by atoms with van der Waals surface area (Å²) in [5.74, 6) is -0.238. The van der Waals surface area contributed by atoms with Gasteiger partial charge in [-0.1, -0.05) is 0 Å². The molecule has 1 aromatic rings. The Labute approximate surface area is 69.8 Å². The van der Waals surface area contributed by atoms with Crippen LogP contribution in [0.4, 0.5) is 5.69 Å². The van der Waals surface area contributed by atoms with E-state index in [0.29, 0.717) is 5.69 Å². The molecule has 0 atom stereocenters. The van der Waals surface area contributed by atoms with Crippen LogP contribution in [-0.4, -0.2) is 10.5 Å². The van der Waals surface area contributed by atoms with E-state index in [4.69, 9.17) is 0 Å². The third kappa shape index (κ3) is 1.95. The van der Waals surface area contributed by atoms with Crippen LogP contribution in [0.2, 0.25) is 0 Å². The lowest BCUT2D eigenvalue weighted by molar-refractivity contribution is -0.114. The van der Waals surface area contributed by atoms with Crippen molar-refractivity contribution < 1.29 is 4.79 Å². The first-order valence-electron chi connectivity index (χ1n) is 3.53. The molecule has 0 bridgehead atoms. The van der Waals surface area contributed by atoms with Gasteiger partial charge in [-0.15, -0.1) is 0 Å². The summed E-state index contributed by atoms with van der Waals surface area (Å²) in [6.45, 7) is 1.37. The van der Waals surface area contributed by atoms with Gasteiger partial charge in [0, 0.05) is 32.4 Å². The zero-order valence-electron chi connectivity index (χ0n) is 7.00. The molecule has 1 rings (SSSR count). The highest BCUT2D eigenvalue weighted by Gasteiger charge is 1.99. The van der Waals surface area contributed by atoms with E-state index >= 15 is 0 Å². The van der Waals surface area contributed by atoms with Gasteiger partial charge in [0.15, 0.2) is 0 Å². The highest BCUT2D eigenvalue weighted by Crippen LogP contribution is 1.96. The first-order chi connectivity index (χ1) is 5.59. The number of nitrogens with zero attached hydrogens (tertiary/aromatic N) is 1. The minimum atomic E-state index is -0.238. The molecule has 0 saturated heterocycles. The lowest BCUT2D eigenvalue weighted by Crippen LogP contribution is -2.15. The average molecular weight is 166 g/mol. The van der Waals surface area contributed by atoms with Gasteiger partial charge in [-0.25, -0.2) is 0 Å². The van der Waals surface area contributed by atoms with Crippen LogP contribution < -0.4 is 10.7 Å². The number of pyridine rings is 1. The monoisotopic (exact) mass is 166 g/mol. The molecule has 0 aromatic carbocycles. The lowest BCUT2D eigenvalue weighted by atomic mass is 10.4. The summed E-state index contributed by atoms with van der Waals surface area (Å²) in [6.07, 6.45) is 3.21. The molecular weight excluding hydrogens is 156 g/mol. The highest BCUT2D eigenvalue weighted by atomic mass is 16.2. The van der Waals surface area contributed by atoms with E-state index < -0.39 is 0 Å². The number of nitrogens with one attached hydrogen (secondary N) is 1. The lowest BCUT2D eigenvalue weighted by Gasteiger charge is -2.02. The van der Waals surface area contributed by atoms with Crippen molar-refractivity contribution in [1.82, 2.24) is 4.57 Å². The Hall–Kier alpha value is -1.58. The van der Waals surface area contributed by atoms with Gasteiger partial charge in [-0.2, -0.15) is 0 Å². The molecule has 0 aliphatic carbocycles. The fraction of sp³-hybridized carbons (Fsp3) is 0.250. The average Bonchev–Trinajstić information content (AvgIpc) is 1.96. The van der Waals surface area contributed by atoms with Gasteiger partial charge in [-0.05, 0) is 0 Å². The second kappa shape index (κ2) is 3.21. The summed E-state index contributed by atoms with van der Waals surface area (Å²) < 4.78 is 1.70. The van der Waals surface area contributed by atoms with Crippen LogP contribution >= 0.6 is 0 Å². The molecule has 1 amide bonds. The highest BCUT2D eigenvalue weighted by molar-refractivity contribution is 5.88. The molecule has 4 nitrogen and oxygen atoms in total. The van der Waals surface area contributed by atoms with E-state index in [2.05, 4.69) is 5.32 Å². The number of hydrogen-bond acceptors (Lipinski definition) is 2. The molecule has 1 N–H and O–H groups in total. The molecule has 64 valence electrons. The van der Waals surface area contributed by atoms with Crippen LogP contribution in [-0.2, 0) is 11.8 Å². The number of carbonyl (C=O) groups is 1. The largest absolute Gasteiger partial charge is 0.355 e. The van der Waals surface area contributed by atoms with Gasteiger partial charge < -0.3 is 9.88 Å². The third-order valence-electron chi connectivity index (χ3n) is 1.37. The number of rotatable bonds is 1. The van der Waals surface area contributed by atoms with Gasteiger partial charge in [0.05, 0.1) is 0 Å². The Balaban J connectivity index is 3.06. The fourth-order valence-electron chi connectivity index (χ4n) is 0.869. The van der Waals surface area contributed by atoms with Crippen molar-refractivity contribution in [2.24, 2.45) is 7.05 Å². The molecule has 12 heavy (non-hydrogen) atoms. The zero-order chi connectivity index (χ0) is 9.14. The second-order valence-corrected chi connectivity index (χ2v) is 2.57. The van der Waals surface area contributed by atoms with Gasteiger partial charge in [0.2, 0.25) is 11.3 Å². The van der Waals surface area contributed by atoms with Crippen LogP contribution in [0.1, 0.15) is 6.92 Å². The SMILES string of the molecule is CC(=O)Nc1cn(C)ccc1=O. The smallest absolute Gasteiger partial charge is 0.221 e. The van der Waals surface area contributed by atoms with Crippen molar-refractivity contribution in [3.05, 3.63) is 28.7 Å². The molecule has 0 aliphatic heterocycles. The van der Waals surface area contributed by atoms with E-state index in [9.17, 15) is 9.59 Å². The summed E-state index contributed by atoms with van der Waals surface area (Å²) >= 11 is 0. The first-order valence-corrected chi connectivity index (χ1v) is 3.53. The minimum absolute atomic E-state index is 0.177. The van der Waals surface area contributed by atoms with Gasteiger partial charge in [-0.3, -0.25) is 9.59 Å². The standard InChI is InChI=1S/C8H10N2O2/c1-6(11)9-7-5-10(2)4-3-8(7)12/h3-5H,1-2H3,(H,9,11). The van der Waals surface area contributed by atoms with E-state index in [1.165, 1.54) is 13.0 Å². The Kier molecular flexibility index (Phi) is 2.28. The molecule has 1 heterocycles. The predicted molar refractivity (Wildman–Crippen MR) is 46.0 cm³/mol. The molecule has 1 aromatic heterocycles. The summed E-state index contributed by atoms with van der Waals surface area (Å²) in [5, 5.41) is 2.44. The van der Waals surface area contributed by atoms with E-state index in [1.54, 1.807) is 24.0 Å². The summed E-state index contributed by atoms with van der Waals surface area (Å²) in [6, 6.07) is 1.41. The zero-order valence-corrected chi connectivity index (χ0v) is 7.00. The van der Waals surface area contributed by atoms with Crippen molar-refractivity contribution in [2.75, 3.05) is 5.32 Å². The Morgan fingerprint density at radius 1 is 1.58 bits per heavy atom. The summed E-state index contributed by atoms with van der Waals surface area (Å²) in [5.41, 5.74) is 0.135. The second-order valence-electron chi connectivity index (χ2n) is 2.57. The van der Waals surface area contributed by atoms with Gasteiger partial charge >= 0.3 is 0 Å². The molecular formula is C8H10N2O2. The van der Waals surface area contributed by atoms with Crippen LogP contribution in [0.15, 0.2) is 23.3 Å². The van der Waals surface area contributed by atoms with E-state index in [1.807, 2.05) is 0 Å². The number of aryl methyl sites for hydroxylation is 1. The molecule has 0 saturated carbocycles. The van der Waals surface area contributed by atoms with E-state index in [-0.39, 0.29) is 11.3 Å². The Morgan fingerprint density at radius 2 is 2.25 bits per heavy atom. The van der Waals surface area contributed by atoms with Crippen molar-refractivity contribution in [3.63, 3.8) is 0 Å². The van der Waals surface area contributed by atoms with Crippen molar-refractivity contribution in [1.29, 1.82) is 0 Å². The minimum Gasteiger partial charge on any atom is -0.355 e. The van der Waals surface area contributed by atoms with Crippen LogP contribution in [0, 0.1) is 0 Å². The molecule has 4 heteroatoms. The molecule has 0 radical (unpaired) electrons. The van der Waals surface area contributed by atoms with Crippen molar-refractivity contribution in [2.45, 2.75) is 6.92 Å². The predicted octanol–water partition coefficient (Wildman–Crippen LogP) is 0.344. The van der Waals surface area contributed by atoms with Crippen LogP contribution in [0.25, 0.3) is 0 Å². The summed E-state index contributed by atoms with van der Waals surface area (Å²) in [7, 11) is 1.78. The first kappa shape index (κ1) is 8.52. The maximum absolute atomic E-state index is 11.1. The molecule has 0 fully saturated rings. The Morgan fingerprint density at radius 3 is 2.83 bits per heavy atom. The number of hydrogen-bond donors (Lipinski definition) is 1. The summed E-state index contributed by atoms with van der Waals surface area (Å²) in [4.78, 5) is 21.7. The number of anilines is 1. The van der Waals surface area contributed by atoms with Gasteiger partial charge in [0.1, 0.15) is 5.69 Å². The third-order valence-corrected chi connectivity index (χ3v) is 1.37. The number of amides is 1. The van der Waals surface area contributed by atoms with Gasteiger partial charge in [0.25, 0.3) is 0 Å². The van der Waals surface area contributed by atoms with E-state index in [0.717, 1.165) is 0 Å². The fourth-order valence-corrected chi connectivity index (χ4v) is 0.869. The molecule has 0 aliphatic rings. The normalized spacial score (nSPS) is 9.50. The Bertz CT molecular complexity index is 354. The number of aromatic nitrogens is 1. The quantitative estimate of drug-likeness (QED) is 0.654. The van der Waals surface area contributed by atoms with Crippen LogP contribution in [0.3, 0.4) is 0 Å². The van der Waals surface area contributed by atoms with Crippen LogP contribution in [0.5, 0.6) is 0 Å². The van der Waals surface area contributed by atoms with Crippen molar-refractivity contribution in [3.8, 4) is 0 Å². The maximum atomic E-state index is 11.1. The van der Waals surface area contributed by atoms with Crippen molar-refractivity contribution >= 4 is 11.6 Å². The molecule has 0 unspecified atom stereocenters. The molecule has 0 spiro atoms.